The molecule has 0 aliphatic carbocycles. The fraction of sp³-hybridized carbons (Fsp3) is 0.0588. The summed E-state index contributed by atoms with van der Waals surface area (Å²) in [4.78, 5) is 16.5. The van der Waals surface area contributed by atoms with Crippen LogP contribution >= 0.6 is 23.2 Å². The lowest BCUT2D eigenvalue weighted by Gasteiger charge is -2.11. The molecule has 3 aromatic rings. The third-order valence-corrected chi connectivity index (χ3v) is 3.86. The number of pyridine rings is 1. The molecule has 0 radical (unpaired) electrons. The van der Waals surface area contributed by atoms with Crippen LogP contribution in [0.5, 0.6) is 5.75 Å². The molecule has 0 unspecified atom stereocenters. The van der Waals surface area contributed by atoms with Crippen molar-refractivity contribution in [1.29, 1.82) is 0 Å². The third-order valence-electron chi connectivity index (χ3n) is 3.27. The van der Waals surface area contributed by atoms with Gasteiger partial charge in [0.15, 0.2) is 5.75 Å². The molecule has 0 saturated carbocycles. The molecule has 3 nitrogen and oxygen atoms in total. The molecular weight excluding hydrogens is 359 g/mol. The number of aromatic nitrogens is 1. The lowest BCUT2D eigenvalue weighted by molar-refractivity contribution is 0.0735. The third kappa shape index (κ3) is 3.18. The van der Waals surface area contributed by atoms with E-state index < -0.39 is 17.6 Å². The van der Waals surface area contributed by atoms with Crippen molar-refractivity contribution >= 4 is 40.1 Å². The highest BCUT2D eigenvalue weighted by atomic mass is 35.5. The molecule has 1 heterocycles. The minimum absolute atomic E-state index is 0.0190. The lowest BCUT2D eigenvalue weighted by atomic mass is 10.2. The summed E-state index contributed by atoms with van der Waals surface area (Å²) in [6.45, 7) is 1.75. The Labute approximate surface area is 145 Å². The Bertz CT molecular complexity index is 956. The van der Waals surface area contributed by atoms with E-state index in [1.165, 1.54) is 6.07 Å². The highest BCUT2D eigenvalue weighted by molar-refractivity contribution is 6.39. The van der Waals surface area contributed by atoms with Gasteiger partial charge in [-0.05, 0) is 37.3 Å². The number of rotatable bonds is 2. The minimum atomic E-state index is -0.956. The van der Waals surface area contributed by atoms with Gasteiger partial charge in [0, 0.05) is 17.1 Å². The summed E-state index contributed by atoms with van der Waals surface area (Å²) in [5, 5.41) is 0.954. The first kappa shape index (κ1) is 16.6. The molecule has 0 bridgehead atoms. The highest BCUT2D eigenvalue weighted by Gasteiger charge is 2.18. The van der Waals surface area contributed by atoms with Crippen LogP contribution in [0.2, 0.25) is 10.0 Å². The molecule has 0 atom stereocenters. The summed E-state index contributed by atoms with van der Waals surface area (Å²) in [6.07, 6.45) is 0. The number of carbonyl (C=O) groups excluding carboxylic acids is 1. The Morgan fingerprint density at radius 1 is 1.04 bits per heavy atom. The van der Waals surface area contributed by atoms with E-state index in [0.29, 0.717) is 22.2 Å². The predicted molar refractivity (Wildman–Crippen MR) is 87.8 cm³/mol. The maximum absolute atomic E-state index is 13.3. The van der Waals surface area contributed by atoms with Crippen molar-refractivity contribution in [3.05, 3.63) is 69.3 Å². The lowest BCUT2D eigenvalue weighted by Crippen LogP contribution is -2.10. The van der Waals surface area contributed by atoms with Gasteiger partial charge in [-0.15, -0.1) is 0 Å². The minimum Gasteiger partial charge on any atom is -0.419 e. The van der Waals surface area contributed by atoms with Crippen molar-refractivity contribution in [1.82, 2.24) is 4.98 Å². The number of nitrogens with zero attached hydrogens (tertiary/aromatic N) is 1. The fourth-order valence-electron chi connectivity index (χ4n) is 2.21. The number of hydrogen-bond acceptors (Lipinski definition) is 3. The smallest absolute Gasteiger partial charge is 0.343 e. The second-order valence-corrected chi connectivity index (χ2v) is 5.88. The zero-order valence-corrected chi connectivity index (χ0v) is 13.8. The zero-order valence-electron chi connectivity index (χ0n) is 12.2. The van der Waals surface area contributed by atoms with E-state index in [1.807, 2.05) is 0 Å². The largest absolute Gasteiger partial charge is 0.419 e. The summed E-state index contributed by atoms with van der Waals surface area (Å²) in [5.74, 6) is -2.75. The average Bonchev–Trinajstić information content (AvgIpc) is 2.50. The molecule has 3 rings (SSSR count). The standard InChI is InChI=1S/C17H9Cl2F2NO2/c1-8-2-3-12-13(18)7-14(19)16(15(12)22-8)24-17(23)9-4-10(20)6-11(21)5-9/h2-7H,1H3. The summed E-state index contributed by atoms with van der Waals surface area (Å²) < 4.78 is 31.8. The van der Waals surface area contributed by atoms with Crippen LogP contribution in [0.3, 0.4) is 0 Å². The second-order valence-electron chi connectivity index (χ2n) is 5.07. The van der Waals surface area contributed by atoms with E-state index in [0.717, 1.165) is 12.1 Å². The van der Waals surface area contributed by atoms with Gasteiger partial charge < -0.3 is 4.74 Å². The maximum Gasteiger partial charge on any atom is 0.343 e. The van der Waals surface area contributed by atoms with Crippen LogP contribution in [-0.2, 0) is 0 Å². The number of hydrogen-bond donors (Lipinski definition) is 0. The monoisotopic (exact) mass is 367 g/mol. The van der Waals surface area contributed by atoms with E-state index in [1.54, 1.807) is 19.1 Å². The second kappa shape index (κ2) is 6.34. The molecular formula is C17H9Cl2F2NO2. The first-order valence-corrected chi connectivity index (χ1v) is 7.54. The first-order valence-electron chi connectivity index (χ1n) is 6.79. The summed E-state index contributed by atoms with van der Waals surface area (Å²) in [6, 6.07) is 7.28. The van der Waals surface area contributed by atoms with Gasteiger partial charge in [-0.3, -0.25) is 0 Å². The van der Waals surface area contributed by atoms with Gasteiger partial charge in [-0.1, -0.05) is 23.2 Å². The molecule has 2 aromatic carbocycles. The first-order chi connectivity index (χ1) is 11.3. The Hall–Kier alpha value is -2.24. The Morgan fingerprint density at radius 2 is 1.71 bits per heavy atom. The molecule has 0 fully saturated rings. The van der Waals surface area contributed by atoms with Crippen molar-refractivity contribution in [2.45, 2.75) is 6.92 Å². The van der Waals surface area contributed by atoms with Crippen molar-refractivity contribution in [3.63, 3.8) is 0 Å². The molecule has 0 spiro atoms. The van der Waals surface area contributed by atoms with Crippen LogP contribution in [0.4, 0.5) is 8.78 Å². The van der Waals surface area contributed by atoms with E-state index in [9.17, 15) is 13.6 Å². The van der Waals surface area contributed by atoms with Crippen LogP contribution in [0.1, 0.15) is 16.1 Å². The predicted octanol–water partition coefficient (Wildman–Crippen LogP) is 5.35. The molecule has 0 aliphatic heterocycles. The van der Waals surface area contributed by atoms with Gasteiger partial charge in [-0.2, -0.15) is 0 Å². The summed E-state index contributed by atoms with van der Waals surface area (Å²) >= 11 is 12.2. The van der Waals surface area contributed by atoms with Crippen molar-refractivity contribution in [2.24, 2.45) is 0 Å². The quantitative estimate of drug-likeness (QED) is 0.452. The van der Waals surface area contributed by atoms with Crippen LogP contribution in [0.25, 0.3) is 10.9 Å². The molecule has 1 aromatic heterocycles. The van der Waals surface area contributed by atoms with Gasteiger partial charge in [0.25, 0.3) is 0 Å². The summed E-state index contributed by atoms with van der Waals surface area (Å²) in [7, 11) is 0. The maximum atomic E-state index is 13.3. The Kier molecular flexibility index (Phi) is 4.39. The van der Waals surface area contributed by atoms with Crippen LogP contribution in [0.15, 0.2) is 36.4 Å². The fourth-order valence-corrected chi connectivity index (χ4v) is 2.77. The number of carbonyl (C=O) groups is 1. The molecule has 7 heteroatoms. The van der Waals surface area contributed by atoms with Gasteiger partial charge in [-0.25, -0.2) is 18.6 Å². The van der Waals surface area contributed by atoms with Gasteiger partial charge in [0.1, 0.15) is 17.2 Å². The van der Waals surface area contributed by atoms with Crippen molar-refractivity contribution in [2.75, 3.05) is 0 Å². The number of aryl methyl sites for hydroxylation is 1. The number of esters is 1. The van der Waals surface area contributed by atoms with E-state index in [4.69, 9.17) is 27.9 Å². The van der Waals surface area contributed by atoms with Crippen molar-refractivity contribution < 1.29 is 18.3 Å². The highest BCUT2D eigenvalue weighted by Crippen LogP contribution is 2.37. The Balaban J connectivity index is 2.09. The normalized spacial score (nSPS) is 10.9. The number of fused-ring (bicyclic) bond motifs is 1. The molecule has 0 aliphatic rings. The van der Waals surface area contributed by atoms with E-state index in [-0.39, 0.29) is 21.9 Å². The average molecular weight is 368 g/mol. The van der Waals surface area contributed by atoms with Crippen molar-refractivity contribution in [3.8, 4) is 5.75 Å². The van der Waals surface area contributed by atoms with E-state index in [2.05, 4.69) is 4.98 Å². The van der Waals surface area contributed by atoms with E-state index >= 15 is 0 Å². The molecule has 24 heavy (non-hydrogen) atoms. The van der Waals surface area contributed by atoms with Gasteiger partial charge in [0.2, 0.25) is 0 Å². The Morgan fingerprint density at radius 3 is 2.38 bits per heavy atom. The molecule has 122 valence electrons. The van der Waals surface area contributed by atoms with Crippen LogP contribution in [0, 0.1) is 18.6 Å². The molecule has 0 saturated heterocycles. The topological polar surface area (TPSA) is 39.2 Å². The summed E-state index contributed by atoms with van der Waals surface area (Å²) in [5.41, 5.74) is 0.673. The molecule has 0 amide bonds. The number of benzene rings is 2. The van der Waals surface area contributed by atoms with Gasteiger partial charge >= 0.3 is 5.97 Å². The van der Waals surface area contributed by atoms with Gasteiger partial charge in [0.05, 0.1) is 15.6 Å². The van der Waals surface area contributed by atoms with Crippen LogP contribution in [-0.4, -0.2) is 11.0 Å². The van der Waals surface area contributed by atoms with Crippen LogP contribution < -0.4 is 4.74 Å². The zero-order chi connectivity index (χ0) is 17.4. The number of halogens is 4. The SMILES string of the molecule is Cc1ccc2c(Cl)cc(Cl)c(OC(=O)c3cc(F)cc(F)c3)c2n1. The molecule has 0 N–H and O–H groups in total. The number of ether oxygens (including phenoxy) is 1.